The van der Waals surface area contributed by atoms with Crippen molar-refractivity contribution in [3.05, 3.63) is 0 Å². The fraction of sp³-hybridized carbons (Fsp3) is 0.900. The summed E-state index contributed by atoms with van der Waals surface area (Å²) >= 11 is 3.29. The van der Waals surface area contributed by atoms with Gasteiger partial charge in [-0.15, -0.1) is 10.2 Å². The SMILES string of the molecule is CCCCCCCCCCCCCCCCCCSc1nnc(N)s1. The quantitative estimate of drug-likeness (QED) is 0.210. The normalized spacial score (nSPS) is 11.2. The van der Waals surface area contributed by atoms with Crippen LogP contribution in [0.5, 0.6) is 0 Å². The molecule has 1 aromatic heterocycles. The first-order chi connectivity index (χ1) is 12.3. The summed E-state index contributed by atoms with van der Waals surface area (Å²) in [4.78, 5) is 0. The summed E-state index contributed by atoms with van der Waals surface area (Å²) < 4.78 is 1.01. The minimum absolute atomic E-state index is 0.578. The average Bonchev–Trinajstić information content (AvgIpc) is 3.03. The molecule has 0 aliphatic carbocycles. The molecule has 0 amide bonds. The molecule has 0 spiro atoms. The van der Waals surface area contributed by atoms with Crippen LogP contribution in [0, 0.1) is 0 Å². The zero-order valence-corrected chi connectivity index (χ0v) is 17.9. The summed E-state index contributed by atoms with van der Waals surface area (Å²) in [5, 5.41) is 8.45. The lowest BCUT2D eigenvalue weighted by atomic mass is 10.0. The Morgan fingerprint density at radius 3 is 1.52 bits per heavy atom. The van der Waals surface area contributed by atoms with Gasteiger partial charge < -0.3 is 5.73 Å². The van der Waals surface area contributed by atoms with Crippen LogP contribution < -0.4 is 5.73 Å². The molecule has 1 rings (SSSR count). The Balaban J connectivity index is 1.69. The molecular formula is C20H39N3S2. The molecule has 1 aromatic rings. The molecule has 25 heavy (non-hydrogen) atoms. The number of thioether (sulfide) groups is 1. The van der Waals surface area contributed by atoms with E-state index in [0.29, 0.717) is 5.13 Å². The third kappa shape index (κ3) is 14.6. The van der Waals surface area contributed by atoms with Crippen LogP contribution in [0.25, 0.3) is 0 Å². The average molecular weight is 386 g/mol. The van der Waals surface area contributed by atoms with E-state index >= 15 is 0 Å². The van der Waals surface area contributed by atoms with Crippen LogP contribution in [-0.4, -0.2) is 16.0 Å². The predicted octanol–water partition coefficient (Wildman–Crippen LogP) is 7.47. The van der Waals surface area contributed by atoms with Crippen molar-refractivity contribution in [3.8, 4) is 0 Å². The number of aromatic nitrogens is 2. The Labute approximate surface area is 164 Å². The molecule has 1 heterocycles. The van der Waals surface area contributed by atoms with Gasteiger partial charge in [-0.25, -0.2) is 0 Å². The van der Waals surface area contributed by atoms with E-state index in [4.69, 9.17) is 5.73 Å². The third-order valence-corrected chi connectivity index (χ3v) is 6.62. The van der Waals surface area contributed by atoms with E-state index in [0.717, 1.165) is 10.1 Å². The Hall–Kier alpha value is -0.290. The number of nitrogens with two attached hydrogens (primary N) is 1. The minimum atomic E-state index is 0.578. The highest BCUT2D eigenvalue weighted by molar-refractivity contribution is 8.01. The molecule has 2 N–H and O–H groups in total. The number of hydrogen-bond acceptors (Lipinski definition) is 5. The summed E-state index contributed by atoms with van der Waals surface area (Å²) in [6.07, 6.45) is 22.7. The molecule has 0 aromatic carbocycles. The molecule has 146 valence electrons. The number of nitrogen functional groups attached to an aromatic ring is 1. The van der Waals surface area contributed by atoms with Gasteiger partial charge in [-0.3, -0.25) is 0 Å². The fourth-order valence-electron chi connectivity index (χ4n) is 3.09. The first-order valence-electron chi connectivity index (χ1n) is 10.5. The third-order valence-electron chi connectivity index (χ3n) is 4.65. The highest BCUT2D eigenvalue weighted by Gasteiger charge is 2.01. The number of rotatable bonds is 18. The zero-order valence-electron chi connectivity index (χ0n) is 16.3. The number of unbranched alkanes of at least 4 members (excludes halogenated alkanes) is 15. The van der Waals surface area contributed by atoms with E-state index in [9.17, 15) is 0 Å². The van der Waals surface area contributed by atoms with E-state index < -0.39 is 0 Å². The predicted molar refractivity (Wildman–Crippen MR) is 115 cm³/mol. The van der Waals surface area contributed by atoms with Crippen molar-refractivity contribution in [2.75, 3.05) is 11.5 Å². The molecule has 0 aliphatic heterocycles. The number of nitrogens with zero attached hydrogens (tertiary/aromatic N) is 2. The molecule has 0 bridgehead atoms. The van der Waals surface area contributed by atoms with E-state index in [1.165, 1.54) is 114 Å². The van der Waals surface area contributed by atoms with Crippen LogP contribution in [0.15, 0.2) is 4.34 Å². The van der Waals surface area contributed by atoms with Crippen molar-refractivity contribution in [3.63, 3.8) is 0 Å². The van der Waals surface area contributed by atoms with E-state index in [1.54, 1.807) is 11.8 Å². The van der Waals surface area contributed by atoms with E-state index in [1.807, 2.05) is 0 Å². The Morgan fingerprint density at radius 1 is 0.680 bits per heavy atom. The van der Waals surface area contributed by atoms with Crippen LogP contribution in [0.4, 0.5) is 5.13 Å². The summed E-state index contributed by atoms with van der Waals surface area (Å²) in [5.41, 5.74) is 5.58. The second kappa shape index (κ2) is 17.1. The highest BCUT2D eigenvalue weighted by Crippen LogP contribution is 2.24. The van der Waals surface area contributed by atoms with Gasteiger partial charge in [-0.1, -0.05) is 126 Å². The molecule has 0 unspecified atom stereocenters. The Morgan fingerprint density at radius 2 is 1.12 bits per heavy atom. The highest BCUT2D eigenvalue weighted by atomic mass is 32.2. The van der Waals surface area contributed by atoms with Gasteiger partial charge in [-0.05, 0) is 6.42 Å². The summed E-state index contributed by atoms with van der Waals surface area (Å²) in [7, 11) is 0. The molecule has 0 aliphatic rings. The molecule has 5 heteroatoms. The second-order valence-electron chi connectivity index (χ2n) is 7.06. The maximum Gasteiger partial charge on any atom is 0.203 e. The molecule has 0 fully saturated rings. The first-order valence-corrected chi connectivity index (χ1v) is 12.3. The van der Waals surface area contributed by atoms with E-state index in [2.05, 4.69) is 17.1 Å². The van der Waals surface area contributed by atoms with Gasteiger partial charge in [0.2, 0.25) is 5.13 Å². The van der Waals surface area contributed by atoms with Crippen LogP contribution in [0.2, 0.25) is 0 Å². The molecule has 0 saturated carbocycles. The maximum absolute atomic E-state index is 5.58. The second-order valence-corrected chi connectivity index (χ2v) is 9.41. The van der Waals surface area contributed by atoms with Crippen molar-refractivity contribution >= 4 is 28.2 Å². The lowest BCUT2D eigenvalue weighted by molar-refractivity contribution is 0.531. The summed E-state index contributed by atoms with van der Waals surface area (Å²) in [5.74, 6) is 1.15. The van der Waals surface area contributed by atoms with Crippen molar-refractivity contribution in [2.24, 2.45) is 0 Å². The molecule has 0 atom stereocenters. The van der Waals surface area contributed by atoms with Gasteiger partial charge in [0, 0.05) is 5.75 Å². The lowest BCUT2D eigenvalue weighted by Gasteiger charge is -2.03. The molecule has 3 nitrogen and oxygen atoms in total. The summed E-state index contributed by atoms with van der Waals surface area (Å²) in [6, 6.07) is 0. The van der Waals surface area contributed by atoms with E-state index in [-0.39, 0.29) is 0 Å². The van der Waals surface area contributed by atoms with Gasteiger partial charge in [0.15, 0.2) is 4.34 Å². The monoisotopic (exact) mass is 385 g/mol. The molecule has 0 radical (unpaired) electrons. The number of anilines is 1. The van der Waals surface area contributed by atoms with Crippen LogP contribution in [0.1, 0.15) is 110 Å². The maximum atomic E-state index is 5.58. The number of hydrogen-bond donors (Lipinski definition) is 1. The van der Waals surface area contributed by atoms with Crippen molar-refractivity contribution in [2.45, 2.75) is 114 Å². The molecule has 0 saturated heterocycles. The van der Waals surface area contributed by atoms with Crippen molar-refractivity contribution in [1.82, 2.24) is 10.2 Å². The van der Waals surface area contributed by atoms with Gasteiger partial charge in [0.1, 0.15) is 0 Å². The smallest absolute Gasteiger partial charge is 0.203 e. The van der Waals surface area contributed by atoms with Crippen LogP contribution >= 0.6 is 23.1 Å². The largest absolute Gasteiger partial charge is 0.374 e. The van der Waals surface area contributed by atoms with Crippen molar-refractivity contribution < 1.29 is 0 Å². The minimum Gasteiger partial charge on any atom is -0.374 e. The van der Waals surface area contributed by atoms with Gasteiger partial charge in [0.25, 0.3) is 0 Å². The van der Waals surface area contributed by atoms with Gasteiger partial charge in [0.05, 0.1) is 0 Å². The van der Waals surface area contributed by atoms with Crippen molar-refractivity contribution in [1.29, 1.82) is 0 Å². The van der Waals surface area contributed by atoms with Crippen LogP contribution in [0.3, 0.4) is 0 Å². The lowest BCUT2D eigenvalue weighted by Crippen LogP contribution is -1.84. The van der Waals surface area contributed by atoms with Gasteiger partial charge >= 0.3 is 0 Å². The van der Waals surface area contributed by atoms with Gasteiger partial charge in [-0.2, -0.15) is 0 Å². The Bertz CT molecular complexity index is 396. The molecular weight excluding hydrogens is 346 g/mol. The zero-order chi connectivity index (χ0) is 18.0. The van der Waals surface area contributed by atoms with Crippen LogP contribution in [-0.2, 0) is 0 Å². The fourth-order valence-corrected chi connectivity index (χ4v) is 4.79. The first kappa shape index (κ1) is 22.8. The Kier molecular flexibility index (Phi) is 15.6. The summed E-state index contributed by atoms with van der Waals surface area (Å²) in [6.45, 7) is 2.29. The topological polar surface area (TPSA) is 51.8 Å². The standard InChI is InChI=1S/C20H39N3S2/c1-2-3-4-5-6-7-8-9-10-11-12-13-14-15-16-17-18-24-20-23-22-19(21)25-20/h2-18H2,1H3,(H2,21,22).